The predicted molar refractivity (Wildman–Crippen MR) is 69.6 cm³/mol. The second kappa shape index (κ2) is 5.07. The maximum Gasteiger partial charge on any atom is 0.227 e. The molecule has 1 amide bonds. The van der Waals surface area contributed by atoms with Crippen molar-refractivity contribution in [3.8, 4) is 0 Å². The summed E-state index contributed by atoms with van der Waals surface area (Å²) in [5, 5.41) is 8.03. The number of carbonyl (C=O) groups is 1. The summed E-state index contributed by atoms with van der Waals surface area (Å²) >= 11 is 0. The fourth-order valence-electron chi connectivity index (χ4n) is 2.62. The van der Waals surface area contributed by atoms with Gasteiger partial charge >= 0.3 is 0 Å². The van der Waals surface area contributed by atoms with Gasteiger partial charge in [-0.25, -0.2) is 0 Å². The summed E-state index contributed by atoms with van der Waals surface area (Å²) in [6.07, 6.45) is 5.80. The number of aromatic nitrogens is 4. The van der Waals surface area contributed by atoms with Crippen LogP contribution in [0, 0.1) is 6.92 Å². The summed E-state index contributed by atoms with van der Waals surface area (Å²) in [5.74, 6) is 1.23. The van der Waals surface area contributed by atoms with Gasteiger partial charge in [0, 0.05) is 26.7 Å². The van der Waals surface area contributed by atoms with E-state index in [0.717, 1.165) is 24.9 Å². The summed E-state index contributed by atoms with van der Waals surface area (Å²) in [5.41, 5.74) is 0.924. The molecular formula is C13H17N5O2. The third kappa shape index (κ3) is 2.43. The van der Waals surface area contributed by atoms with Crippen molar-refractivity contribution in [3.63, 3.8) is 0 Å². The number of carbonyl (C=O) groups excluding carboxylic acids is 1. The molecule has 2 aromatic rings. The van der Waals surface area contributed by atoms with Gasteiger partial charge in [-0.2, -0.15) is 10.1 Å². The Bertz CT molecular complexity index is 618. The smallest absolute Gasteiger partial charge is 0.227 e. The fourth-order valence-corrected chi connectivity index (χ4v) is 2.62. The van der Waals surface area contributed by atoms with Gasteiger partial charge in [-0.3, -0.25) is 9.48 Å². The molecule has 3 heterocycles. The molecule has 0 bridgehead atoms. The van der Waals surface area contributed by atoms with Crippen LogP contribution in [0.1, 0.15) is 36.2 Å². The average molecular weight is 275 g/mol. The number of hydrogen-bond acceptors (Lipinski definition) is 5. The monoisotopic (exact) mass is 275 g/mol. The fraction of sp³-hybridized carbons (Fsp3) is 0.538. The first-order chi connectivity index (χ1) is 9.63. The average Bonchev–Trinajstić information content (AvgIpc) is 3.09. The first-order valence-corrected chi connectivity index (χ1v) is 6.70. The molecule has 1 saturated heterocycles. The molecule has 20 heavy (non-hydrogen) atoms. The Morgan fingerprint density at radius 3 is 3.05 bits per heavy atom. The van der Waals surface area contributed by atoms with E-state index in [4.69, 9.17) is 4.52 Å². The van der Waals surface area contributed by atoms with E-state index in [1.165, 1.54) is 0 Å². The van der Waals surface area contributed by atoms with Crippen molar-refractivity contribution in [2.24, 2.45) is 7.05 Å². The molecule has 1 fully saturated rings. The highest BCUT2D eigenvalue weighted by molar-refractivity contribution is 5.79. The van der Waals surface area contributed by atoms with Crippen LogP contribution in [0.15, 0.2) is 16.9 Å². The SMILES string of the molecule is Cc1nc([C@H]2CCCN2C(=O)Cc2cnn(C)c2)no1. The lowest BCUT2D eigenvalue weighted by Crippen LogP contribution is -2.32. The molecule has 0 unspecified atom stereocenters. The van der Waals surface area contributed by atoms with E-state index in [1.807, 2.05) is 18.1 Å². The highest BCUT2D eigenvalue weighted by atomic mass is 16.5. The van der Waals surface area contributed by atoms with Crippen LogP contribution in [0.3, 0.4) is 0 Å². The van der Waals surface area contributed by atoms with Gasteiger partial charge in [0.05, 0.1) is 18.7 Å². The Kier molecular flexibility index (Phi) is 3.25. The molecule has 7 heteroatoms. The molecule has 0 radical (unpaired) electrons. The third-order valence-electron chi connectivity index (χ3n) is 3.53. The van der Waals surface area contributed by atoms with Crippen LogP contribution >= 0.6 is 0 Å². The molecule has 7 nitrogen and oxygen atoms in total. The number of hydrogen-bond donors (Lipinski definition) is 0. The van der Waals surface area contributed by atoms with Gasteiger partial charge in [-0.05, 0) is 18.4 Å². The molecular weight excluding hydrogens is 258 g/mol. The minimum absolute atomic E-state index is 0.0587. The van der Waals surface area contributed by atoms with E-state index in [9.17, 15) is 4.79 Å². The standard InChI is InChI=1S/C13H17N5O2/c1-9-15-13(16-20-9)11-4-3-5-18(11)12(19)6-10-7-14-17(2)8-10/h7-8,11H,3-6H2,1-2H3/t11-/m1/s1. The topological polar surface area (TPSA) is 77.1 Å². The van der Waals surface area contributed by atoms with E-state index in [0.29, 0.717) is 18.1 Å². The molecule has 0 aromatic carbocycles. The van der Waals surface area contributed by atoms with E-state index >= 15 is 0 Å². The molecule has 0 N–H and O–H groups in total. The molecule has 106 valence electrons. The van der Waals surface area contributed by atoms with Gasteiger partial charge in [0.25, 0.3) is 0 Å². The summed E-state index contributed by atoms with van der Waals surface area (Å²) in [6, 6.07) is -0.0587. The highest BCUT2D eigenvalue weighted by Gasteiger charge is 2.33. The first kappa shape index (κ1) is 12.8. The number of likely N-dealkylation sites (tertiary alicyclic amines) is 1. The predicted octanol–water partition coefficient (Wildman–Crippen LogP) is 1.02. The largest absolute Gasteiger partial charge is 0.340 e. The number of aryl methyl sites for hydroxylation is 2. The normalized spacial score (nSPS) is 18.7. The van der Waals surface area contributed by atoms with Crippen molar-refractivity contribution < 1.29 is 9.32 Å². The van der Waals surface area contributed by atoms with Crippen molar-refractivity contribution in [1.82, 2.24) is 24.8 Å². The van der Waals surface area contributed by atoms with Crippen molar-refractivity contribution in [1.29, 1.82) is 0 Å². The summed E-state index contributed by atoms with van der Waals surface area (Å²) in [6.45, 7) is 2.50. The number of nitrogens with zero attached hydrogens (tertiary/aromatic N) is 5. The lowest BCUT2D eigenvalue weighted by atomic mass is 10.2. The van der Waals surface area contributed by atoms with Crippen molar-refractivity contribution in [2.45, 2.75) is 32.2 Å². The molecule has 0 saturated carbocycles. The van der Waals surface area contributed by atoms with Crippen LogP contribution < -0.4 is 0 Å². The molecule has 0 aliphatic carbocycles. The van der Waals surface area contributed by atoms with Gasteiger partial charge in [0.2, 0.25) is 11.8 Å². The van der Waals surface area contributed by atoms with Crippen molar-refractivity contribution in [3.05, 3.63) is 29.7 Å². The lowest BCUT2D eigenvalue weighted by Gasteiger charge is -2.21. The van der Waals surface area contributed by atoms with Crippen molar-refractivity contribution in [2.75, 3.05) is 6.54 Å². The summed E-state index contributed by atoms with van der Waals surface area (Å²) < 4.78 is 6.72. The zero-order valence-corrected chi connectivity index (χ0v) is 11.6. The maximum atomic E-state index is 12.4. The van der Waals surface area contributed by atoms with Crippen LogP contribution in [0.2, 0.25) is 0 Å². The van der Waals surface area contributed by atoms with Crippen LogP contribution in [0.4, 0.5) is 0 Å². The van der Waals surface area contributed by atoms with Crippen LogP contribution in [0.25, 0.3) is 0 Å². The molecule has 1 aliphatic rings. The Morgan fingerprint density at radius 1 is 1.55 bits per heavy atom. The lowest BCUT2D eigenvalue weighted by molar-refractivity contribution is -0.131. The number of rotatable bonds is 3. The summed E-state index contributed by atoms with van der Waals surface area (Å²) in [7, 11) is 1.84. The second-order valence-electron chi connectivity index (χ2n) is 5.12. The van der Waals surface area contributed by atoms with Gasteiger partial charge in [-0.1, -0.05) is 5.16 Å². The van der Waals surface area contributed by atoms with Crippen molar-refractivity contribution >= 4 is 5.91 Å². The van der Waals surface area contributed by atoms with Crippen LogP contribution in [0.5, 0.6) is 0 Å². The maximum absolute atomic E-state index is 12.4. The van der Waals surface area contributed by atoms with Gasteiger partial charge in [-0.15, -0.1) is 0 Å². The summed E-state index contributed by atoms with van der Waals surface area (Å²) in [4.78, 5) is 18.5. The van der Waals surface area contributed by atoms with E-state index in [1.54, 1.807) is 17.8 Å². The molecule has 2 aromatic heterocycles. The quantitative estimate of drug-likeness (QED) is 0.835. The van der Waals surface area contributed by atoms with E-state index in [-0.39, 0.29) is 11.9 Å². The molecule has 0 spiro atoms. The molecule has 1 atom stereocenters. The second-order valence-corrected chi connectivity index (χ2v) is 5.12. The van der Waals surface area contributed by atoms with Crippen LogP contribution in [-0.4, -0.2) is 37.3 Å². The number of amides is 1. The third-order valence-corrected chi connectivity index (χ3v) is 3.53. The van der Waals surface area contributed by atoms with Gasteiger partial charge in [0.15, 0.2) is 5.82 Å². The highest BCUT2D eigenvalue weighted by Crippen LogP contribution is 2.30. The van der Waals surface area contributed by atoms with E-state index < -0.39 is 0 Å². The molecule has 3 rings (SSSR count). The van der Waals surface area contributed by atoms with Crippen LogP contribution in [-0.2, 0) is 18.3 Å². The zero-order valence-electron chi connectivity index (χ0n) is 11.6. The van der Waals surface area contributed by atoms with Gasteiger partial charge in [0.1, 0.15) is 0 Å². The Balaban J connectivity index is 1.73. The zero-order chi connectivity index (χ0) is 14.1. The Hall–Kier alpha value is -2.18. The van der Waals surface area contributed by atoms with E-state index in [2.05, 4.69) is 15.2 Å². The minimum atomic E-state index is -0.0587. The van der Waals surface area contributed by atoms with Gasteiger partial charge < -0.3 is 9.42 Å². The molecule has 1 aliphatic heterocycles. The Labute approximate surface area is 116 Å². The first-order valence-electron chi connectivity index (χ1n) is 6.70. The minimum Gasteiger partial charge on any atom is -0.340 e. The Morgan fingerprint density at radius 2 is 2.40 bits per heavy atom.